The van der Waals surface area contributed by atoms with Crippen LogP contribution in [-0.2, 0) is 0 Å². The lowest BCUT2D eigenvalue weighted by atomic mass is 9.85. The largest absolute Gasteiger partial charge is 0.456 e. The van der Waals surface area contributed by atoms with Gasteiger partial charge in [0.2, 0.25) is 0 Å². The molecular formula is C48H30O. The van der Waals surface area contributed by atoms with E-state index in [9.17, 15) is 5.48 Å². The molecule has 0 aliphatic heterocycles. The summed E-state index contributed by atoms with van der Waals surface area (Å²) in [7, 11) is 0. The first-order valence-electron chi connectivity index (χ1n) is 22.3. The Morgan fingerprint density at radius 1 is 0.347 bits per heavy atom. The summed E-state index contributed by atoms with van der Waals surface area (Å²) in [5, 5.41) is 3.34. The molecule has 49 heavy (non-hydrogen) atoms. The molecule has 0 spiro atoms. The lowest BCUT2D eigenvalue weighted by Crippen LogP contribution is -1.91. The Labute approximate surface area is 302 Å². The van der Waals surface area contributed by atoms with Gasteiger partial charge >= 0.3 is 0 Å². The summed E-state index contributed by atoms with van der Waals surface area (Å²) in [6.07, 6.45) is 0. The maximum Gasteiger partial charge on any atom is 0.136 e. The van der Waals surface area contributed by atoms with Gasteiger partial charge in [-0.1, -0.05) is 151 Å². The minimum atomic E-state index is -0.715. The zero-order valence-electron chi connectivity index (χ0n) is 38.7. The molecule has 0 atom stereocenters. The average molecular weight is 636 g/mol. The van der Waals surface area contributed by atoms with Gasteiger partial charge in [0.05, 0.1) is 17.8 Å². The van der Waals surface area contributed by atoms with Crippen molar-refractivity contribution in [1.29, 1.82) is 0 Å². The second-order valence-corrected chi connectivity index (χ2v) is 11.9. The molecule has 0 amide bonds. The third kappa shape index (κ3) is 4.47. The monoisotopic (exact) mass is 635 g/mol. The predicted molar refractivity (Wildman–Crippen MR) is 208 cm³/mol. The van der Waals surface area contributed by atoms with Gasteiger partial charge in [0.1, 0.15) is 11.2 Å². The number of benzene rings is 9. The summed E-state index contributed by atoms with van der Waals surface area (Å²) in [6.45, 7) is 0. The minimum Gasteiger partial charge on any atom is -0.456 e. The third-order valence-corrected chi connectivity index (χ3v) is 9.18. The normalized spacial score (nSPS) is 15.4. The highest BCUT2D eigenvalue weighted by Crippen LogP contribution is 2.44. The quantitative estimate of drug-likeness (QED) is 0.175. The van der Waals surface area contributed by atoms with Gasteiger partial charge in [0, 0.05) is 10.8 Å². The Balaban J connectivity index is 1.24. The number of hydrogen-bond acceptors (Lipinski definition) is 1. The Morgan fingerprint density at radius 3 is 1.73 bits per heavy atom. The van der Waals surface area contributed by atoms with E-state index in [2.05, 4.69) is 30.3 Å². The molecule has 1 aromatic heterocycles. The van der Waals surface area contributed by atoms with Gasteiger partial charge in [-0.2, -0.15) is 0 Å². The van der Waals surface area contributed by atoms with E-state index >= 15 is 0 Å². The molecule has 0 saturated carbocycles. The van der Waals surface area contributed by atoms with E-state index in [-0.39, 0.29) is 32.7 Å². The van der Waals surface area contributed by atoms with Crippen molar-refractivity contribution in [3.05, 3.63) is 182 Å². The molecule has 0 aliphatic carbocycles. The SMILES string of the molecule is [2H]c1c([2H])c([2H])c(-c2c3c([2H])c([2H])c([2H])c([2H])c3c(-c3cccc(-c4ccc5c(c4)oc4ccc(-c6cccc7ccccc67)cc45)c3)c3c([2H])c([2H])c([2H])c([2H])c23)c([2H])c1[2H]. The van der Waals surface area contributed by atoms with Crippen LogP contribution in [-0.4, -0.2) is 0 Å². The Hall–Kier alpha value is -6.44. The molecule has 10 aromatic rings. The number of furan rings is 1. The molecule has 0 bridgehead atoms. The second kappa shape index (κ2) is 11.1. The molecule has 0 radical (unpaired) electrons. The Kier molecular flexibility index (Phi) is 3.99. The third-order valence-electron chi connectivity index (χ3n) is 9.18. The molecule has 0 N–H and O–H groups in total. The van der Waals surface area contributed by atoms with Gasteiger partial charge in [-0.05, 0) is 107 Å². The number of hydrogen-bond donors (Lipinski definition) is 0. The van der Waals surface area contributed by atoms with Crippen LogP contribution in [0.5, 0.6) is 0 Å². The van der Waals surface area contributed by atoms with E-state index in [4.69, 9.17) is 16.8 Å². The lowest BCUT2D eigenvalue weighted by molar-refractivity contribution is 0.669. The highest BCUT2D eigenvalue weighted by atomic mass is 16.3. The molecular weight excluding hydrogens is 593 g/mol. The van der Waals surface area contributed by atoms with Crippen molar-refractivity contribution in [2.75, 3.05) is 0 Å². The standard InChI is InChI=1S/C48H30O/c1-2-13-32(14-3-1)47-40-19-6-8-21-42(40)48(43-22-9-7-20-41(43)47)36-17-10-16-33(28-36)34-24-26-39-44-29-35(25-27-45(44)49-46(39)30-34)38-23-11-15-31-12-4-5-18-37(31)38/h1-30H/i1D,2D,3D,6D,7D,8D,9D,13D,14D,19D,20D,21D,22D. The summed E-state index contributed by atoms with van der Waals surface area (Å²) < 4.78 is 121. The van der Waals surface area contributed by atoms with Crippen molar-refractivity contribution in [3.8, 4) is 44.5 Å². The summed E-state index contributed by atoms with van der Waals surface area (Å²) in [6, 6.07) is 25.1. The fraction of sp³-hybridized carbons (Fsp3) is 0. The number of rotatable bonds is 4. The molecule has 10 rings (SSSR count). The minimum absolute atomic E-state index is 0.0674. The molecule has 0 aliphatic rings. The second-order valence-electron chi connectivity index (χ2n) is 11.9. The molecule has 1 heterocycles. The van der Waals surface area contributed by atoms with E-state index in [0.29, 0.717) is 22.3 Å². The van der Waals surface area contributed by atoms with Crippen LogP contribution in [0.4, 0.5) is 0 Å². The van der Waals surface area contributed by atoms with Gasteiger partial charge in [0.25, 0.3) is 0 Å². The van der Waals surface area contributed by atoms with Crippen LogP contribution in [0.2, 0.25) is 0 Å². The molecule has 9 aromatic carbocycles. The van der Waals surface area contributed by atoms with E-state index < -0.39 is 84.1 Å². The maximum absolute atomic E-state index is 9.27. The first-order valence-corrected chi connectivity index (χ1v) is 15.8. The molecule has 0 unspecified atom stereocenters. The molecule has 1 heteroatoms. The van der Waals surface area contributed by atoms with Crippen LogP contribution in [0, 0.1) is 0 Å². The van der Waals surface area contributed by atoms with Crippen molar-refractivity contribution >= 4 is 54.3 Å². The van der Waals surface area contributed by atoms with E-state index in [0.717, 1.165) is 38.2 Å². The highest BCUT2D eigenvalue weighted by molar-refractivity contribution is 6.21. The van der Waals surface area contributed by atoms with E-state index in [1.54, 1.807) is 18.2 Å². The van der Waals surface area contributed by atoms with Crippen LogP contribution in [0.1, 0.15) is 17.8 Å². The smallest absolute Gasteiger partial charge is 0.136 e. The maximum atomic E-state index is 9.27. The highest BCUT2D eigenvalue weighted by Gasteiger charge is 2.17. The van der Waals surface area contributed by atoms with Crippen molar-refractivity contribution in [3.63, 3.8) is 0 Å². The van der Waals surface area contributed by atoms with Crippen molar-refractivity contribution in [2.24, 2.45) is 0 Å². The summed E-state index contributed by atoms with van der Waals surface area (Å²) in [5.74, 6) is 0. The fourth-order valence-electron chi connectivity index (χ4n) is 6.99. The summed E-state index contributed by atoms with van der Waals surface area (Å²) in [4.78, 5) is 0. The van der Waals surface area contributed by atoms with Gasteiger partial charge in [-0.3, -0.25) is 0 Å². The van der Waals surface area contributed by atoms with E-state index in [1.165, 1.54) is 0 Å². The van der Waals surface area contributed by atoms with Crippen LogP contribution in [0.15, 0.2) is 186 Å². The average Bonchev–Trinajstić information content (AvgIpc) is 3.66. The van der Waals surface area contributed by atoms with Crippen LogP contribution in [0.25, 0.3) is 98.8 Å². The van der Waals surface area contributed by atoms with Crippen molar-refractivity contribution in [2.45, 2.75) is 0 Å². The topological polar surface area (TPSA) is 13.1 Å². The van der Waals surface area contributed by atoms with Crippen LogP contribution < -0.4 is 0 Å². The molecule has 1 nitrogen and oxygen atoms in total. The predicted octanol–water partition coefficient (Wildman–Crippen LogP) is 13.7. The van der Waals surface area contributed by atoms with Crippen LogP contribution in [0.3, 0.4) is 0 Å². The van der Waals surface area contributed by atoms with Crippen molar-refractivity contribution in [1.82, 2.24) is 0 Å². The molecule has 228 valence electrons. The van der Waals surface area contributed by atoms with Gasteiger partial charge in [-0.15, -0.1) is 0 Å². The van der Waals surface area contributed by atoms with Gasteiger partial charge in [0.15, 0.2) is 0 Å². The molecule has 0 fully saturated rings. The first-order chi connectivity index (χ1) is 29.7. The first kappa shape index (κ1) is 17.6. The Bertz CT molecular complexity index is 3510. The summed E-state index contributed by atoms with van der Waals surface area (Å²) in [5.41, 5.74) is 4.53. The molecule has 0 saturated heterocycles. The fourth-order valence-corrected chi connectivity index (χ4v) is 6.99. The van der Waals surface area contributed by atoms with Gasteiger partial charge < -0.3 is 4.42 Å². The lowest BCUT2D eigenvalue weighted by Gasteiger charge is -2.18. The van der Waals surface area contributed by atoms with Gasteiger partial charge in [-0.25, -0.2) is 0 Å². The number of fused-ring (bicyclic) bond motifs is 6. The van der Waals surface area contributed by atoms with E-state index in [1.807, 2.05) is 54.6 Å². The zero-order valence-corrected chi connectivity index (χ0v) is 25.7. The Morgan fingerprint density at radius 2 is 0.959 bits per heavy atom. The van der Waals surface area contributed by atoms with Crippen molar-refractivity contribution < 1.29 is 22.2 Å². The van der Waals surface area contributed by atoms with Crippen LogP contribution >= 0.6 is 0 Å². The zero-order chi connectivity index (χ0) is 43.6. The summed E-state index contributed by atoms with van der Waals surface area (Å²) >= 11 is 0.